The molecule has 6 heteroatoms. The number of amides is 1. The van der Waals surface area contributed by atoms with Gasteiger partial charge in [0.2, 0.25) is 0 Å². The minimum atomic E-state index is -3.31. The van der Waals surface area contributed by atoms with Gasteiger partial charge in [-0.15, -0.1) is 0 Å². The second-order valence-corrected chi connectivity index (χ2v) is 7.02. The molecular weight excluding hydrogens is 314 g/mol. The third-order valence-corrected chi connectivity index (χ3v) is 5.09. The molecule has 0 atom stereocenters. The number of hydrogen-bond acceptors (Lipinski definition) is 4. The zero-order valence-electron chi connectivity index (χ0n) is 12.9. The molecule has 0 saturated heterocycles. The molecule has 2 rings (SSSR count). The Bertz CT molecular complexity index is 757. The van der Waals surface area contributed by atoms with Gasteiger partial charge in [-0.05, 0) is 30.7 Å². The second kappa shape index (κ2) is 7.78. The van der Waals surface area contributed by atoms with E-state index in [1.54, 1.807) is 61.6 Å². The highest BCUT2D eigenvalue weighted by Gasteiger charge is 2.14. The largest absolute Gasteiger partial charge is 0.493 e. The van der Waals surface area contributed by atoms with Crippen LogP contribution in [0.4, 0.5) is 0 Å². The van der Waals surface area contributed by atoms with Crippen LogP contribution in [0.2, 0.25) is 0 Å². The summed E-state index contributed by atoms with van der Waals surface area (Å²) < 4.78 is 29.9. The number of sulfone groups is 1. The lowest BCUT2D eigenvalue weighted by Gasteiger charge is -2.10. The highest BCUT2D eigenvalue weighted by Crippen LogP contribution is 2.18. The van der Waals surface area contributed by atoms with E-state index in [0.29, 0.717) is 22.6 Å². The van der Waals surface area contributed by atoms with Gasteiger partial charge in [-0.1, -0.05) is 30.3 Å². The van der Waals surface area contributed by atoms with Gasteiger partial charge in [0.05, 0.1) is 22.8 Å². The number of carbonyl (C=O) groups is 1. The van der Waals surface area contributed by atoms with E-state index in [1.165, 1.54) is 0 Å². The first-order valence-corrected chi connectivity index (χ1v) is 8.91. The van der Waals surface area contributed by atoms with E-state index in [-0.39, 0.29) is 18.3 Å². The van der Waals surface area contributed by atoms with Crippen LogP contribution in [-0.2, 0) is 9.84 Å². The zero-order chi connectivity index (χ0) is 16.7. The highest BCUT2D eigenvalue weighted by molar-refractivity contribution is 7.91. The summed E-state index contributed by atoms with van der Waals surface area (Å²) in [6.45, 7) is 0.222. The fourth-order valence-corrected chi connectivity index (χ4v) is 3.40. The molecule has 2 aromatic rings. The Morgan fingerprint density at radius 3 is 2.39 bits per heavy atom. The number of nitrogens with one attached hydrogen (secondary N) is 1. The summed E-state index contributed by atoms with van der Waals surface area (Å²) in [6.07, 6.45) is 0.347. The van der Waals surface area contributed by atoms with E-state index in [9.17, 15) is 13.2 Å². The van der Waals surface area contributed by atoms with Crippen LogP contribution in [0.5, 0.6) is 5.75 Å². The smallest absolute Gasteiger partial charge is 0.254 e. The molecule has 0 radical (unpaired) electrons. The van der Waals surface area contributed by atoms with Gasteiger partial charge in [0.1, 0.15) is 5.75 Å². The van der Waals surface area contributed by atoms with Crippen LogP contribution in [-0.4, -0.2) is 33.7 Å². The normalized spacial score (nSPS) is 11.0. The maximum absolute atomic E-state index is 12.1. The van der Waals surface area contributed by atoms with Gasteiger partial charge in [-0.25, -0.2) is 8.42 Å². The molecule has 0 aliphatic heterocycles. The van der Waals surface area contributed by atoms with Gasteiger partial charge in [-0.3, -0.25) is 4.79 Å². The van der Waals surface area contributed by atoms with Crippen LogP contribution in [0.1, 0.15) is 16.8 Å². The molecule has 0 aliphatic carbocycles. The fourth-order valence-electron chi connectivity index (χ4n) is 2.09. The number of benzene rings is 2. The summed E-state index contributed by atoms with van der Waals surface area (Å²) in [4.78, 5) is 12.0. The Hall–Kier alpha value is -2.34. The van der Waals surface area contributed by atoms with E-state index in [2.05, 4.69) is 5.32 Å². The lowest BCUT2D eigenvalue weighted by Crippen LogP contribution is -2.19. The lowest BCUT2D eigenvalue weighted by molar-refractivity contribution is 0.0959. The van der Waals surface area contributed by atoms with Gasteiger partial charge < -0.3 is 10.1 Å². The Kier molecular flexibility index (Phi) is 5.76. The molecule has 0 saturated carbocycles. The first kappa shape index (κ1) is 17.0. The van der Waals surface area contributed by atoms with E-state index < -0.39 is 9.84 Å². The SMILES string of the molecule is CNC(=O)c1ccccc1OCCCS(=O)(=O)c1ccccc1. The van der Waals surface area contributed by atoms with Crippen molar-refractivity contribution < 1.29 is 17.9 Å². The van der Waals surface area contributed by atoms with E-state index in [0.717, 1.165) is 0 Å². The minimum absolute atomic E-state index is 0.000839. The van der Waals surface area contributed by atoms with Crippen molar-refractivity contribution in [1.29, 1.82) is 0 Å². The second-order valence-electron chi connectivity index (χ2n) is 4.91. The van der Waals surface area contributed by atoms with Gasteiger partial charge >= 0.3 is 0 Å². The molecule has 122 valence electrons. The summed E-state index contributed by atoms with van der Waals surface area (Å²) in [6, 6.07) is 15.2. The average Bonchev–Trinajstić information content (AvgIpc) is 2.59. The van der Waals surface area contributed by atoms with Crippen molar-refractivity contribution in [2.75, 3.05) is 19.4 Å². The molecule has 23 heavy (non-hydrogen) atoms. The highest BCUT2D eigenvalue weighted by atomic mass is 32.2. The van der Waals surface area contributed by atoms with Crippen molar-refractivity contribution >= 4 is 15.7 Å². The van der Waals surface area contributed by atoms with Gasteiger partial charge in [0.25, 0.3) is 5.91 Å². The molecule has 0 spiro atoms. The maximum atomic E-state index is 12.1. The summed E-state index contributed by atoms with van der Waals surface area (Å²) in [5, 5.41) is 2.54. The van der Waals surface area contributed by atoms with Crippen molar-refractivity contribution in [3.8, 4) is 5.75 Å². The molecule has 1 N–H and O–H groups in total. The summed E-state index contributed by atoms with van der Waals surface area (Å²) in [7, 11) is -1.76. The average molecular weight is 333 g/mol. The standard InChI is InChI=1S/C17H19NO4S/c1-18-17(19)15-10-5-6-11-16(15)22-12-7-13-23(20,21)14-8-3-2-4-9-14/h2-6,8-11H,7,12-13H2,1H3,(H,18,19). The number of ether oxygens (including phenoxy) is 1. The third kappa shape index (κ3) is 4.56. The summed E-state index contributed by atoms with van der Waals surface area (Å²) in [5.74, 6) is 0.209. The molecule has 0 fully saturated rings. The number of carbonyl (C=O) groups excluding carboxylic acids is 1. The molecular formula is C17H19NO4S. The zero-order valence-corrected chi connectivity index (χ0v) is 13.7. The maximum Gasteiger partial charge on any atom is 0.254 e. The van der Waals surface area contributed by atoms with Crippen LogP contribution in [0.25, 0.3) is 0 Å². The number of rotatable bonds is 7. The fraction of sp³-hybridized carbons (Fsp3) is 0.235. The molecule has 0 aromatic heterocycles. The van der Waals surface area contributed by atoms with Crippen LogP contribution < -0.4 is 10.1 Å². The van der Waals surface area contributed by atoms with Crippen LogP contribution in [0.15, 0.2) is 59.5 Å². The van der Waals surface area contributed by atoms with E-state index >= 15 is 0 Å². The van der Waals surface area contributed by atoms with E-state index in [1.807, 2.05) is 0 Å². The van der Waals surface area contributed by atoms with Crippen LogP contribution >= 0.6 is 0 Å². The predicted octanol–water partition coefficient (Wildman–Crippen LogP) is 2.29. The Morgan fingerprint density at radius 2 is 1.70 bits per heavy atom. The van der Waals surface area contributed by atoms with Crippen molar-refractivity contribution in [1.82, 2.24) is 5.32 Å². The topological polar surface area (TPSA) is 72.5 Å². The Balaban J connectivity index is 1.93. The summed E-state index contributed by atoms with van der Waals surface area (Å²) >= 11 is 0. The predicted molar refractivity (Wildman–Crippen MR) is 88.4 cm³/mol. The number of para-hydroxylation sites is 1. The quantitative estimate of drug-likeness (QED) is 0.789. The van der Waals surface area contributed by atoms with Crippen molar-refractivity contribution in [3.05, 3.63) is 60.2 Å². The lowest BCUT2D eigenvalue weighted by atomic mass is 10.2. The number of hydrogen-bond donors (Lipinski definition) is 1. The first-order chi connectivity index (χ1) is 11.0. The molecule has 1 amide bonds. The summed E-state index contributed by atoms with van der Waals surface area (Å²) in [5.41, 5.74) is 0.431. The molecule has 0 aliphatic rings. The van der Waals surface area contributed by atoms with Gasteiger partial charge in [-0.2, -0.15) is 0 Å². The van der Waals surface area contributed by atoms with Crippen LogP contribution in [0, 0.1) is 0 Å². The Morgan fingerprint density at radius 1 is 1.04 bits per heavy atom. The van der Waals surface area contributed by atoms with E-state index in [4.69, 9.17) is 4.74 Å². The Labute approximate surface area is 136 Å². The molecule has 0 bridgehead atoms. The minimum Gasteiger partial charge on any atom is -0.493 e. The van der Waals surface area contributed by atoms with Gasteiger partial charge in [0, 0.05) is 7.05 Å². The van der Waals surface area contributed by atoms with Crippen molar-refractivity contribution in [3.63, 3.8) is 0 Å². The molecule has 0 heterocycles. The monoisotopic (exact) mass is 333 g/mol. The first-order valence-electron chi connectivity index (χ1n) is 7.26. The molecule has 2 aromatic carbocycles. The van der Waals surface area contributed by atoms with Crippen LogP contribution in [0.3, 0.4) is 0 Å². The van der Waals surface area contributed by atoms with Gasteiger partial charge in [0.15, 0.2) is 9.84 Å². The third-order valence-electron chi connectivity index (χ3n) is 3.28. The van der Waals surface area contributed by atoms with Crippen molar-refractivity contribution in [2.24, 2.45) is 0 Å². The van der Waals surface area contributed by atoms with Crippen molar-refractivity contribution in [2.45, 2.75) is 11.3 Å². The molecule has 5 nitrogen and oxygen atoms in total. The molecule has 0 unspecified atom stereocenters.